The maximum Gasteiger partial charge on any atom is 0.243 e. The predicted molar refractivity (Wildman–Crippen MR) is 65.2 cm³/mol. The molecule has 0 aliphatic carbocycles. The van der Waals surface area contributed by atoms with E-state index in [0.29, 0.717) is 12.0 Å². The monoisotopic (exact) mass is 232 g/mol. The van der Waals surface area contributed by atoms with Crippen molar-refractivity contribution in [3.63, 3.8) is 0 Å². The van der Waals surface area contributed by atoms with Gasteiger partial charge in [0.15, 0.2) is 5.65 Å². The number of aromatic nitrogens is 3. The van der Waals surface area contributed by atoms with Gasteiger partial charge in [-0.05, 0) is 31.4 Å². The maximum absolute atomic E-state index is 5.33. The zero-order valence-corrected chi connectivity index (χ0v) is 9.89. The molecule has 2 aromatic heterocycles. The van der Waals surface area contributed by atoms with E-state index in [-0.39, 0.29) is 0 Å². The Bertz CT molecular complexity index is 516. The third-order valence-corrected chi connectivity index (χ3v) is 3.11. The number of fused-ring (bicyclic) bond motifs is 1. The number of hydrogen-bond donors (Lipinski definition) is 1. The van der Waals surface area contributed by atoms with Gasteiger partial charge in [0.2, 0.25) is 5.95 Å². The summed E-state index contributed by atoms with van der Waals surface area (Å²) in [5, 5.41) is 7.80. The molecule has 0 saturated carbocycles. The molecule has 1 N–H and O–H groups in total. The molecule has 0 spiro atoms. The number of hydrogen-bond acceptors (Lipinski definition) is 4. The van der Waals surface area contributed by atoms with E-state index >= 15 is 0 Å². The van der Waals surface area contributed by atoms with Crippen molar-refractivity contribution in [2.75, 3.05) is 18.5 Å². The van der Waals surface area contributed by atoms with E-state index in [0.717, 1.165) is 37.3 Å². The average molecular weight is 232 g/mol. The fourth-order valence-electron chi connectivity index (χ4n) is 2.13. The van der Waals surface area contributed by atoms with Crippen LogP contribution in [-0.2, 0) is 4.74 Å². The Morgan fingerprint density at radius 1 is 1.41 bits per heavy atom. The Kier molecular flexibility index (Phi) is 2.68. The zero-order chi connectivity index (χ0) is 11.7. The summed E-state index contributed by atoms with van der Waals surface area (Å²) in [7, 11) is 0. The van der Waals surface area contributed by atoms with Gasteiger partial charge in [-0.15, -0.1) is 5.10 Å². The SMILES string of the molecule is Cc1cccn2nc(NC3CCOCC3)nc12. The Balaban J connectivity index is 1.83. The van der Waals surface area contributed by atoms with E-state index in [1.807, 2.05) is 29.8 Å². The summed E-state index contributed by atoms with van der Waals surface area (Å²) in [4.78, 5) is 4.51. The molecule has 17 heavy (non-hydrogen) atoms. The van der Waals surface area contributed by atoms with Crippen LogP contribution in [0.5, 0.6) is 0 Å². The molecule has 0 atom stereocenters. The lowest BCUT2D eigenvalue weighted by molar-refractivity contribution is 0.0903. The summed E-state index contributed by atoms with van der Waals surface area (Å²) in [5.74, 6) is 0.714. The summed E-state index contributed by atoms with van der Waals surface area (Å²) < 4.78 is 7.15. The second kappa shape index (κ2) is 4.33. The Labute approximate surface area is 99.8 Å². The first-order chi connectivity index (χ1) is 8.33. The second-order valence-electron chi connectivity index (χ2n) is 4.43. The molecule has 0 unspecified atom stereocenters. The molecular weight excluding hydrogens is 216 g/mol. The van der Waals surface area contributed by atoms with Crippen molar-refractivity contribution < 1.29 is 4.74 Å². The van der Waals surface area contributed by atoms with Crippen molar-refractivity contribution >= 4 is 11.6 Å². The molecule has 0 aromatic carbocycles. The molecule has 1 aliphatic rings. The number of anilines is 1. The van der Waals surface area contributed by atoms with Crippen molar-refractivity contribution in [3.8, 4) is 0 Å². The van der Waals surface area contributed by atoms with Gasteiger partial charge < -0.3 is 10.1 Å². The molecule has 0 amide bonds. The molecule has 3 heterocycles. The third-order valence-electron chi connectivity index (χ3n) is 3.11. The molecule has 0 bridgehead atoms. The van der Waals surface area contributed by atoms with Crippen LogP contribution in [0, 0.1) is 6.92 Å². The van der Waals surface area contributed by atoms with Crippen molar-refractivity contribution in [3.05, 3.63) is 23.9 Å². The number of ether oxygens (including phenoxy) is 1. The van der Waals surface area contributed by atoms with Crippen LogP contribution in [0.4, 0.5) is 5.95 Å². The van der Waals surface area contributed by atoms with Crippen LogP contribution in [0.2, 0.25) is 0 Å². The summed E-state index contributed by atoms with van der Waals surface area (Å²) >= 11 is 0. The van der Waals surface area contributed by atoms with Crippen LogP contribution in [0.3, 0.4) is 0 Å². The fraction of sp³-hybridized carbons (Fsp3) is 0.500. The van der Waals surface area contributed by atoms with Crippen molar-refractivity contribution in [1.29, 1.82) is 0 Å². The van der Waals surface area contributed by atoms with Crippen molar-refractivity contribution in [2.24, 2.45) is 0 Å². The van der Waals surface area contributed by atoms with Gasteiger partial charge in [0.25, 0.3) is 0 Å². The van der Waals surface area contributed by atoms with E-state index in [4.69, 9.17) is 4.74 Å². The molecule has 90 valence electrons. The quantitative estimate of drug-likeness (QED) is 0.855. The second-order valence-corrected chi connectivity index (χ2v) is 4.43. The Morgan fingerprint density at radius 2 is 2.24 bits per heavy atom. The lowest BCUT2D eigenvalue weighted by Crippen LogP contribution is -2.28. The molecule has 0 radical (unpaired) electrons. The summed E-state index contributed by atoms with van der Waals surface area (Å²) in [6, 6.07) is 4.46. The van der Waals surface area contributed by atoms with Crippen LogP contribution in [0.15, 0.2) is 18.3 Å². The van der Waals surface area contributed by atoms with Gasteiger partial charge in [-0.1, -0.05) is 6.07 Å². The summed E-state index contributed by atoms with van der Waals surface area (Å²) in [5.41, 5.74) is 2.06. The summed E-state index contributed by atoms with van der Waals surface area (Å²) in [6.07, 6.45) is 3.97. The number of aryl methyl sites for hydroxylation is 1. The molecule has 1 saturated heterocycles. The van der Waals surface area contributed by atoms with Crippen LogP contribution in [0.1, 0.15) is 18.4 Å². The van der Waals surface area contributed by atoms with Gasteiger partial charge in [0.1, 0.15) is 0 Å². The molecule has 3 rings (SSSR count). The van der Waals surface area contributed by atoms with Gasteiger partial charge >= 0.3 is 0 Å². The molecule has 5 heteroatoms. The number of pyridine rings is 1. The van der Waals surface area contributed by atoms with Crippen LogP contribution in [0.25, 0.3) is 5.65 Å². The highest BCUT2D eigenvalue weighted by Gasteiger charge is 2.15. The molecule has 2 aromatic rings. The minimum Gasteiger partial charge on any atom is -0.381 e. The van der Waals surface area contributed by atoms with Crippen molar-refractivity contribution in [1.82, 2.24) is 14.6 Å². The lowest BCUT2D eigenvalue weighted by Gasteiger charge is -2.22. The topological polar surface area (TPSA) is 51.5 Å². The normalized spacial score (nSPS) is 17.5. The summed E-state index contributed by atoms with van der Waals surface area (Å²) in [6.45, 7) is 3.69. The van der Waals surface area contributed by atoms with Gasteiger partial charge in [-0.25, -0.2) is 4.52 Å². The van der Waals surface area contributed by atoms with E-state index in [2.05, 4.69) is 15.4 Å². The lowest BCUT2D eigenvalue weighted by atomic mass is 10.1. The van der Waals surface area contributed by atoms with E-state index < -0.39 is 0 Å². The predicted octanol–water partition coefficient (Wildman–Crippen LogP) is 1.63. The standard InChI is InChI=1S/C12H16N4O/c1-9-3-2-6-16-11(9)14-12(15-16)13-10-4-7-17-8-5-10/h2-3,6,10H,4-5,7-8H2,1H3,(H,13,15). The highest BCUT2D eigenvalue weighted by Crippen LogP contribution is 2.14. The first-order valence-corrected chi connectivity index (χ1v) is 5.99. The largest absolute Gasteiger partial charge is 0.381 e. The fourth-order valence-corrected chi connectivity index (χ4v) is 2.13. The Morgan fingerprint density at radius 3 is 3.00 bits per heavy atom. The minimum atomic E-state index is 0.432. The van der Waals surface area contributed by atoms with Gasteiger partial charge in [0, 0.05) is 25.5 Å². The highest BCUT2D eigenvalue weighted by molar-refractivity contribution is 5.49. The average Bonchev–Trinajstić information content (AvgIpc) is 2.74. The number of nitrogens with one attached hydrogen (secondary N) is 1. The smallest absolute Gasteiger partial charge is 0.243 e. The van der Waals surface area contributed by atoms with E-state index in [1.54, 1.807) is 0 Å². The number of nitrogens with zero attached hydrogens (tertiary/aromatic N) is 3. The van der Waals surface area contributed by atoms with Crippen LogP contribution in [-0.4, -0.2) is 33.9 Å². The molecular formula is C12H16N4O. The minimum absolute atomic E-state index is 0.432. The first kappa shape index (κ1) is 10.5. The van der Waals surface area contributed by atoms with E-state index in [9.17, 15) is 0 Å². The van der Waals surface area contributed by atoms with Gasteiger partial charge in [0.05, 0.1) is 0 Å². The van der Waals surface area contributed by atoms with Gasteiger partial charge in [-0.2, -0.15) is 4.98 Å². The third kappa shape index (κ3) is 2.10. The zero-order valence-electron chi connectivity index (χ0n) is 9.89. The van der Waals surface area contributed by atoms with E-state index in [1.165, 1.54) is 0 Å². The maximum atomic E-state index is 5.33. The van der Waals surface area contributed by atoms with Crippen molar-refractivity contribution in [2.45, 2.75) is 25.8 Å². The van der Waals surface area contributed by atoms with Crippen LogP contribution >= 0.6 is 0 Å². The van der Waals surface area contributed by atoms with Crippen LogP contribution < -0.4 is 5.32 Å². The van der Waals surface area contributed by atoms with Gasteiger partial charge in [-0.3, -0.25) is 0 Å². The number of rotatable bonds is 2. The first-order valence-electron chi connectivity index (χ1n) is 5.99. The molecule has 1 aliphatic heterocycles. The highest BCUT2D eigenvalue weighted by atomic mass is 16.5. The molecule has 5 nitrogen and oxygen atoms in total. The Hall–Kier alpha value is -1.62. The molecule has 1 fully saturated rings.